The van der Waals surface area contributed by atoms with Gasteiger partial charge >= 0.3 is 0 Å². The van der Waals surface area contributed by atoms with Crippen LogP contribution >= 0.6 is 0 Å². The van der Waals surface area contributed by atoms with Gasteiger partial charge in [0, 0.05) is 18.4 Å². The second-order valence-electron chi connectivity index (χ2n) is 4.27. The van der Waals surface area contributed by atoms with Crippen LogP contribution in [0.5, 0.6) is 0 Å². The highest BCUT2D eigenvalue weighted by Crippen LogP contribution is 2.31. The van der Waals surface area contributed by atoms with Crippen molar-refractivity contribution < 1.29 is 4.74 Å². The Kier molecular flexibility index (Phi) is 2.61. The number of hydrogen-bond acceptors (Lipinski definition) is 3. The Hall–Kier alpha value is -1.16. The molecule has 1 N–H and O–H groups in total. The largest absolute Gasteiger partial charge is 0.367 e. The third kappa shape index (κ3) is 2.09. The summed E-state index contributed by atoms with van der Waals surface area (Å²) in [4.78, 5) is 18.5. The highest BCUT2D eigenvalue weighted by molar-refractivity contribution is 5.07. The van der Waals surface area contributed by atoms with Crippen molar-refractivity contribution in [3.05, 3.63) is 27.9 Å². The lowest BCUT2D eigenvalue weighted by Gasteiger charge is -2.32. The summed E-state index contributed by atoms with van der Waals surface area (Å²) in [6.07, 6.45) is 3.12. The minimum atomic E-state index is -0.413. The van der Waals surface area contributed by atoms with Gasteiger partial charge in [-0.1, -0.05) is 0 Å². The molecule has 0 bridgehead atoms. The van der Waals surface area contributed by atoms with E-state index in [1.807, 2.05) is 13.8 Å². The van der Waals surface area contributed by atoms with E-state index in [0.29, 0.717) is 5.82 Å². The van der Waals surface area contributed by atoms with Gasteiger partial charge in [0.15, 0.2) is 0 Å². The van der Waals surface area contributed by atoms with E-state index in [9.17, 15) is 4.79 Å². The summed E-state index contributed by atoms with van der Waals surface area (Å²) in [5.74, 6) is 0.659. The quantitative estimate of drug-likeness (QED) is 0.760. The van der Waals surface area contributed by atoms with Gasteiger partial charge in [-0.05, 0) is 33.1 Å². The van der Waals surface area contributed by atoms with Crippen LogP contribution < -0.4 is 5.56 Å². The first-order chi connectivity index (χ1) is 7.10. The van der Waals surface area contributed by atoms with E-state index in [0.717, 1.165) is 31.6 Å². The number of ether oxygens (including phenoxy) is 1. The lowest BCUT2D eigenvalue weighted by molar-refractivity contribution is -0.0762. The number of rotatable bonds is 1. The van der Waals surface area contributed by atoms with Gasteiger partial charge in [0.05, 0.1) is 0 Å². The SMILES string of the molecule is Cc1cc(=O)[nH]c(C2(C)CCCCO2)n1. The van der Waals surface area contributed by atoms with Gasteiger partial charge in [-0.25, -0.2) is 4.98 Å². The molecule has 1 aromatic heterocycles. The Morgan fingerprint density at radius 3 is 2.93 bits per heavy atom. The molecule has 2 rings (SSSR count). The first-order valence-electron chi connectivity index (χ1n) is 5.33. The predicted molar refractivity (Wildman–Crippen MR) is 56.7 cm³/mol. The maximum Gasteiger partial charge on any atom is 0.251 e. The summed E-state index contributed by atoms with van der Waals surface area (Å²) < 4.78 is 5.73. The van der Waals surface area contributed by atoms with Crippen LogP contribution in [0.1, 0.15) is 37.7 Å². The van der Waals surface area contributed by atoms with Gasteiger partial charge in [-0.15, -0.1) is 0 Å². The van der Waals surface area contributed by atoms with Crippen molar-refractivity contribution in [2.24, 2.45) is 0 Å². The minimum Gasteiger partial charge on any atom is -0.367 e. The number of aromatic amines is 1. The molecule has 0 saturated carbocycles. The highest BCUT2D eigenvalue weighted by Gasteiger charge is 2.32. The van der Waals surface area contributed by atoms with Gasteiger partial charge in [0.1, 0.15) is 11.4 Å². The minimum absolute atomic E-state index is 0.104. The lowest BCUT2D eigenvalue weighted by Crippen LogP contribution is -2.34. The Morgan fingerprint density at radius 2 is 2.33 bits per heavy atom. The first-order valence-corrected chi connectivity index (χ1v) is 5.33. The number of aromatic nitrogens is 2. The smallest absolute Gasteiger partial charge is 0.251 e. The summed E-state index contributed by atoms with van der Waals surface area (Å²) >= 11 is 0. The molecule has 1 saturated heterocycles. The fourth-order valence-electron chi connectivity index (χ4n) is 1.95. The van der Waals surface area contributed by atoms with Crippen molar-refractivity contribution in [1.82, 2.24) is 9.97 Å². The second-order valence-corrected chi connectivity index (χ2v) is 4.27. The number of hydrogen-bond donors (Lipinski definition) is 1. The summed E-state index contributed by atoms with van der Waals surface area (Å²) in [5.41, 5.74) is 0.223. The van der Waals surface area contributed by atoms with E-state index in [2.05, 4.69) is 9.97 Å². The molecule has 1 atom stereocenters. The van der Waals surface area contributed by atoms with Gasteiger partial charge < -0.3 is 9.72 Å². The summed E-state index contributed by atoms with van der Waals surface area (Å²) in [5, 5.41) is 0. The molecule has 4 heteroatoms. The van der Waals surface area contributed by atoms with E-state index in [1.54, 1.807) is 0 Å². The molecule has 82 valence electrons. The first kappa shape index (κ1) is 10.4. The van der Waals surface area contributed by atoms with Crippen LogP contribution in [-0.2, 0) is 10.3 Å². The average molecular weight is 208 g/mol. The number of nitrogens with zero attached hydrogens (tertiary/aromatic N) is 1. The molecule has 1 aliphatic heterocycles. The molecule has 0 aliphatic carbocycles. The van der Waals surface area contributed by atoms with E-state index in [-0.39, 0.29) is 5.56 Å². The van der Waals surface area contributed by atoms with Crippen molar-refractivity contribution in [2.75, 3.05) is 6.61 Å². The van der Waals surface area contributed by atoms with Crippen molar-refractivity contribution in [1.29, 1.82) is 0 Å². The van der Waals surface area contributed by atoms with Gasteiger partial charge in [0.2, 0.25) is 0 Å². The van der Waals surface area contributed by atoms with E-state index in [1.165, 1.54) is 6.07 Å². The number of nitrogens with one attached hydrogen (secondary N) is 1. The molecular weight excluding hydrogens is 192 g/mol. The summed E-state index contributed by atoms with van der Waals surface area (Å²) in [6.45, 7) is 4.56. The van der Waals surface area contributed by atoms with Crippen LogP contribution in [0.15, 0.2) is 10.9 Å². The van der Waals surface area contributed by atoms with Crippen molar-refractivity contribution >= 4 is 0 Å². The van der Waals surface area contributed by atoms with E-state index in [4.69, 9.17) is 4.74 Å². The highest BCUT2D eigenvalue weighted by atomic mass is 16.5. The fraction of sp³-hybridized carbons (Fsp3) is 0.636. The Morgan fingerprint density at radius 1 is 1.53 bits per heavy atom. The molecule has 15 heavy (non-hydrogen) atoms. The van der Waals surface area contributed by atoms with Crippen LogP contribution in [0.4, 0.5) is 0 Å². The van der Waals surface area contributed by atoms with Crippen molar-refractivity contribution in [3.63, 3.8) is 0 Å². The van der Waals surface area contributed by atoms with Crippen LogP contribution in [-0.4, -0.2) is 16.6 Å². The van der Waals surface area contributed by atoms with Gasteiger partial charge in [0.25, 0.3) is 5.56 Å². The molecule has 0 amide bonds. The van der Waals surface area contributed by atoms with Crippen LogP contribution in [0.3, 0.4) is 0 Å². The molecule has 0 radical (unpaired) electrons. The number of aryl methyl sites for hydroxylation is 1. The predicted octanol–water partition coefficient (Wildman–Crippen LogP) is 1.49. The van der Waals surface area contributed by atoms with Crippen LogP contribution in [0.2, 0.25) is 0 Å². The maximum absolute atomic E-state index is 11.3. The van der Waals surface area contributed by atoms with Gasteiger partial charge in [-0.3, -0.25) is 4.79 Å². The van der Waals surface area contributed by atoms with E-state index >= 15 is 0 Å². The van der Waals surface area contributed by atoms with Crippen LogP contribution in [0.25, 0.3) is 0 Å². The summed E-state index contributed by atoms with van der Waals surface area (Å²) in [7, 11) is 0. The molecule has 1 fully saturated rings. The molecule has 4 nitrogen and oxygen atoms in total. The second kappa shape index (κ2) is 3.77. The molecule has 1 aromatic rings. The zero-order chi connectivity index (χ0) is 10.9. The van der Waals surface area contributed by atoms with E-state index < -0.39 is 5.60 Å². The van der Waals surface area contributed by atoms with Crippen LogP contribution in [0, 0.1) is 6.92 Å². The molecule has 1 aliphatic rings. The Labute approximate surface area is 88.7 Å². The third-order valence-corrected chi connectivity index (χ3v) is 2.84. The molecule has 1 unspecified atom stereocenters. The van der Waals surface area contributed by atoms with Crippen molar-refractivity contribution in [2.45, 2.75) is 38.7 Å². The third-order valence-electron chi connectivity index (χ3n) is 2.84. The summed E-state index contributed by atoms with van der Waals surface area (Å²) in [6, 6.07) is 1.50. The Bertz CT molecular complexity index is 405. The van der Waals surface area contributed by atoms with Gasteiger partial charge in [-0.2, -0.15) is 0 Å². The molecule has 0 aromatic carbocycles. The maximum atomic E-state index is 11.3. The lowest BCUT2D eigenvalue weighted by atomic mass is 9.95. The molecule has 0 spiro atoms. The fourth-order valence-corrected chi connectivity index (χ4v) is 1.95. The topological polar surface area (TPSA) is 55.0 Å². The molecule has 2 heterocycles. The normalized spacial score (nSPS) is 26.5. The van der Waals surface area contributed by atoms with Crippen molar-refractivity contribution in [3.8, 4) is 0 Å². The standard InChI is InChI=1S/C11H16N2O2/c1-8-7-9(14)13-10(12-8)11(2)5-3-4-6-15-11/h7H,3-6H2,1-2H3,(H,12,13,14). The monoisotopic (exact) mass is 208 g/mol. The zero-order valence-electron chi connectivity index (χ0n) is 9.17. The average Bonchev–Trinajstić information content (AvgIpc) is 2.17. The number of H-pyrrole nitrogens is 1. The Balaban J connectivity index is 2.38. The molecular formula is C11H16N2O2. The zero-order valence-corrected chi connectivity index (χ0v) is 9.17.